The Morgan fingerprint density at radius 2 is 2.03 bits per heavy atom. The van der Waals surface area contributed by atoms with E-state index in [1.54, 1.807) is 12.4 Å². The van der Waals surface area contributed by atoms with Crippen LogP contribution < -0.4 is 5.32 Å². The van der Waals surface area contributed by atoms with Crippen molar-refractivity contribution in [2.24, 2.45) is 5.16 Å². The Labute approximate surface area is 176 Å². The minimum Gasteiger partial charge on any atom is -0.465 e. The lowest BCUT2D eigenvalue weighted by Gasteiger charge is -2.09. The van der Waals surface area contributed by atoms with Gasteiger partial charge in [-0.3, -0.25) is 4.98 Å². The highest BCUT2D eigenvalue weighted by Crippen LogP contribution is 2.38. The van der Waals surface area contributed by atoms with Crippen LogP contribution in [0, 0.1) is 0 Å². The number of hydrogen-bond acceptors (Lipinski definition) is 9. The molecule has 0 spiro atoms. The average Bonchev–Trinajstić information content (AvgIpc) is 3.40. The van der Waals surface area contributed by atoms with Crippen LogP contribution in [0.15, 0.2) is 58.6 Å². The summed E-state index contributed by atoms with van der Waals surface area (Å²) in [5, 5.41) is 16.8. The number of hydrogen-bond donors (Lipinski definition) is 2. The van der Waals surface area contributed by atoms with Gasteiger partial charge < -0.3 is 19.7 Å². The first-order valence-corrected chi connectivity index (χ1v) is 9.56. The second kappa shape index (κ2) is 7.52. The maximum atomic E-state index is 11.7. The normalized spacial score (nSPS) is 14.0. The second-order valence-corrected chi connectivity index (χ2v) is 7.01. The summed E-state index contributed by atoms with van der Waals surface area (Å²) in [7, 11) is 1.30. The van der Waals surface area contributed by atoms with Crippen LogP contribution in [-0.4, -0.2) is 38.9 Å². The number of anilines is 2. The predicted octanol–water partition coefficient (Wildman–Crippen LogP) is 3.94. The molecule has 9 nitrogen and oxygen atoms in total. The van der Waals surface area contributed by atoms with E-state index < -0.39 is 5.97 Å². The number of nitrogens with zero attached hydrogens (tertiary/aromatic N) is 4. The zero-order chi connectivity index (χ0) is 21.4. The number of aromatic nitrogens is 3. The van der Waals surface area contributed by atoms with E-state index in [1.807, 2.05) is 24.3 Å². The lowest BCUT2D eigenvalue weighted by atomic mass is 10.1. The first-order valence-electron chi connectivity index (χ1n) is 9.56. The molecule has 31 heavy (non-hydrogen) atoms. The van der Waals surface area contributed by atoms with Gasteiger partial charge in [0.25, 0.3) is 0 Å². The topological polar surface area (TPSA) is 123 Å². The molecule has 0 fully saturated rings. The number of aryl methyl sites for hydroxylation is 1. The summed E-state index contributed by atoms with van der Waals surface area (Å²) in [4.78, 5) is 24.4. The van der Waals surface area contributed by atoms with Gasteiger partial charge in [-0.1, -0.05) is 11.2 Å². The highest BCUT2D eigenvalue weighted by molar-refractivity contribution is 6.05. The van der Waals surface area contributed by atoms with Crippen LogP contribution in [-0.2, 0) is 11.2 Å². The van der Waals surface area contributed by atoms with Crippen molar-refractivity contribution < 1.29 is 19.2 Å². The molecule has 1 aromatic carbocycles. The number of carbonyl (C=O) groups is 1. The smallest absolute Gasteiger partial charge is 0.341 e. The number of fused-ring (bicyclic) bond motifs is 2. The highest BCUT2D eigenvalue weighted by Gasteiger charge is 2.22. The van der Waals surface area contributed by atoms with Gasteiger partial charge in [-0.15, -0.1) is 0 Å². The van der Waals surface area contributed by atoms with E-state index >= 15 is 0 Å². The number of oxime groups is 1. The summed E-state index contributed by atoms with van der Waals surface area (Å²) < 4.78 is 10.7. The van der Waals surface area contributed by atoms with Gasteiger partial charge in [-0.05, 0) is 36.6 Å². The van der Waals surface area contributed by atoms with E-state index in [-0.39, 0.29) is 5.56 Å². The summed E-state index contributed by atoms with van der Waals surface area (Å²) in [6, 6.07) is 7.72. The molecule has 0 radical (unpaired) electrons. The van der Waals surface area contributed by atoms with Crippen molar-refractivity contribution in [3.05, 3.63) is 65.7 Å². The molecule has 0 aliphatic heterocycles. The first-order chi connectivity index (χ1) is 15.2. The summed E-state index contributed by atoms with van der Waals surface area (Å²) in [6.07, 6.45) is 7.62. The number of carbonyl (C=O) groups excluding carboxylic acids is 1. The number of ether oxygens (including phenoxy) is 1. The van der Waals surface area contributed by atoms with E-state index in [0.29, 0.717) is 35.0 Å². The Kier molecular flexibility index (Phi) is 4.55. The number of furan rings is 1. The van der Waals surface area contributed by atoms with Crippen molar-refractivity contribution in [2.45, 2.75) is 12.8 Å². The maximum absolute atomic E-state index is 11.7. The predicted molar refractivity (Wildman–Crippen MR) is 113 cm³/mol. The molecule has 4 aromatic rings. The van der Waals surface area contributed by atoms with E-state index in [1.165, 1.54) is 19.5 Å². The maximum Gasteiger partial charge on any atom is 0.341 e. The molecular formula is C22H17N5O4. The molecule has 0 amide bonds. The molecule has 0 unspecified atom stereocenters. The minimum absolute atomic E-state index is 0.249. The largest absolute Gasteiger partial charge is 0.465 e. The Bertz CT molecular complexity index is 1330. The fourth-order valence-corrected chi connectivity index (χ4v) is 3.70. The Balaban J connectivity index is 1.57. The zero-order valence-electron chi connectivity index (χ0n) is 16.5. The van der Waals surface area contributed by atoms with Crippen LogP contribution >= 0.6 is 0 Å². The highest BCUT2D eigenvalue weighted by atomic mass is 16.5. The van der Waals surface area contributed by atoms with Gasteiger partial charge in [-0.2, -0.15) is 0 Å². The van der Waals surface area contributed by atoms with Gasteiger partial charge in [-0.25, -0.2) is 14.8 Å². The molecule has 0 saturated carbocycles. The van der Waals surface area contributed by atoms with Crippen molar-refractivity contribution in [2.75, 3.05) is 12.4 Å². The average molecular weight is 415 g/mol. The lowest BCUT2D eigenvalue weighted by molar-refractivity contribution is 0.0599. The molecule has 0 atom stereocenters. The Morgan fingerprint density at radius 3 is 2.81 bits per heavy atom. The SMILES string of the molecule is COC(=O)c1cnc(-c2oc3cnccc3c2Nc2ccc3c(c2)CCC3=NO)nc1. The number of nitrogens with one attached hydrogen (secondary N) is 1. The third kappa shape index (κ3) is 3.25. The first kappa shape index (κ1) is 18.7. The molecule has 9 heteroatoms. The van der Waals surface area contributed by atoms with Gasteiger partial charge in [0, 0.05) is 35.2 Å². The third-order valence-electron chi connectivity index (χ3n) is 5.21. The molecule has 3 aromatic heterocycles. The quantitative estimate of drug-likeness (QED) is 0.292. The van der Waals surface area contributed by atoms with Gasteiger partial charge in [0.1, 0.15) is 0 Å². The number of pyridine rings is 1. The fraction of sp³-hybridized carbons (Fsp3) is 0.136. The summed E-state index contributed by atoms with van der Waals surface area (Å²) in [5.41, 5.74) is 5.13. The molecule has 3 heterocycles. The van der Waals surface area contributed by atoms with Gasteiger partial charge in [0.05, 0.1) is 30.3 Å². The van der Waals surface area contributed by atoms with E-state index in [4.69, 9.17) is 14.4 Å². The minimum atomic E-state index is -0.511. The molecule has 0 saturated heterocycles. The van der Waals surface area contributed by atoms with E-state index in [0.717, 1.165) is 28.6 Å². The molecule has 2 N–H and O–H groups in total. The van der Waals surface area contributed by atoms with E-state index in [2.05, 4.69) is 25.4 Å². The van der Waals surface area contributed by atoms with Crippen LogP contribution in [0.5, 0.6) is 0 Å². The zero-order valence-corrected chi connectivity index (χ0v) is 16.5. The number of rotatable bonds is 4. The Morgan fingerprint density at radius 1 is 1.19 bits per heavy atom. The molecule has 0 bridgehead atoms. The number of methoxy groups -OCH3 is 1. The molecule has 1 aliphatic rings. The van der Waals surface area contributed by atoms with Crippen molar-refractivity contribution in [1.82, 2.24) is 15.0 Å². The van der Waals surface area contributed by atoms with E-state index in [9.17, 15) is 4.79 Å². The van der Waals surface area contributed by atoms with Crippen molar-refractivity contribution in [1.29, 1.82) is 0 Å². The van der Waals surface area contributed by atoms with Crippen molar-refractivity contribution in [3.63, 3.8) is 0 Å². The number of benzene rings is 1. The van der Waals surface area contributed by atoms with Crippen molar-refractivity contribution >= 4 is 34.0 Å². The summed E-state index contributed by atoms with van der Waals surface area (Å²) in [6.45, 7) is 0. The molecular weight excluding hydrogens is 398 g/mol. The van der Waals surface area contributed by atoms with Crippen molar-refractivity contribution in [3.8, 4) is 11.6 Å². The third-order valence-corrected chi connectivity index (χ3v) is 5.21. The monoisotopic (exact) mass is 415 g/mol. The van der Waals surface area contributed by atoms with Crippen LogP contribution in [0.25, 0.3) is 22.6 Å². The molecule has 5 rings (SSSR count). The molecule has 154 valence electrons. The number of esters is 1. The standard InChI is InChI=1S/C22H17N5O4/c1-30-22(28)13-9-24-21(25-10-13)20-19(16-6-7-23-11-18(16)31-20)26-14-3-4-15-12(8-14)2-5-17(15)27-29/h3-4,6-11,26,29H,2,5H2,1H3. The lowest BCUT2D eigenvalue weighted by Crippen LogP contribution is -2.03. The summed E-state index contributed by atoms with van der Waals surface area (Å²) >= 11 is 0. The van der Waals surface area contributed by atoms with Crippen LogP contribution in [0.3, 0.4) is 0 Å². The summed E-state index contributed by atoms with van der Waals surface area (Å²) in [5.74, 6) is 0.238. The van der Waals surface area contributed by atoms with Gasteiger partial charge in [0.15, 0.2) is 17.2 Å². The van der Waals surface area contributed by atoms with Gasteiger partial charge in [0.2, 0.25) is 0 Å². The van der Waals surface area contributed by atoms with Crippen LogP contribution in [0.2, 0.25) is 0 Å². The fourth-order valence-electron chi connectivity index (χ4n) is 3.70. The molecule has 1 aliphatic carbocycles. The second-order valence-electron chi connectivity index (χ2n) is 7.01. The van der Waals surface area contributed by atoms with Crippen LogP contribution in [0.1, 0.15) is 27.9 Å². The Hall–Kier alpha value is -4.27. The van der Waals surface area contributed by atoms with Gasteiger partial charge >= 0.3 is 5.97 Å². The van der Waals surface area contributed by atoms with Crippen LogP contribution in [0.4, 0.5) is 11.4 Å².